The van der Waals surface area contributed by atoms with Crippen molar-refractivity contribution in [2.24, 2.45) is 0 Å². The van der Waals surface area contributed by atoms with Crippen molar-refractivity contribution in [2.45, 2.75) is 0 Å². The number of pyridine rings is 6. The molecule has 0 fully saturated rings. The fourth-order valence-corrected chi connectivity index (χ4v) is 6.51. The van der Waals surface area contributed by atoms with E-state index in [1.165, 1.54) is 0 Å². The number of hydrogen-bond donors (Lipinski definition) is 0. The van der Waals surface area contributed by atoms with Gasteiger partial charge in [0.15, 0.2) is 0 Å². The van der Waals surface area contributed by atoms with Crippen LogP contribution in [0.3, 0.4) is 0 Å². The summed E-state index contributed by atoms with van der Waals surface area (Å²) in [5, 5.41) is 6.88. The Morgan fingerprint density at radius 3 is 0.800 bits per heavy atom. The van der Waals surface area contributed by atoms with Crippen LogP contribution in [-0.2, 0) is 19.5 Å². The van der Waals surface area contributed by atoms with E-state index in [9.17, 15) is 0 Å². The average molecular weight is 794 g/mol. The first kappa shape index (κ1) is 35.2. The summed E-state index contributed by atoms with van der Waals surface area (Å²) in [6, 6.07) is 61.1. The average Bonchev–Trinajstić information content (AvgIpc) is 3.26. The minimum atomic E-state index is 0. The molecule has 0 bridgehead atoms. The van der Waals surface area contributed by atoms with Gasteiger partial charge in [0.2, 0.25) is 0 Å². The minimum absolute atomic E-state index is 0. The normalized spacial score (nSPS) is 10.8. The minimum Gasteiger partial charge on any atom is -0.254 e. The molecule has 11 rings (SSSR count). The maximum Gasteiger partial charge on any atom is 0.0964 e. The van der Waals surface area contributed by atoms with Crippen LogP contribution in [0.25, 0.3) is 88.2 Å². The molecule has 11 aromatic rings. The van der Waals surface area contributed by atoms with Crippen LogP contribution in [0.2, 0.25) is 0 Å². The zero-order valence-corrected chi connectivity index (χ0v) is 31.3. The number of hydrogen-bond acceptors (Lipinski definition) is 6. The van der Waals surface area contributed by atoms with Gasteiger partial charge in [-0.1, -0.05) is 121 Å². The van der Waals surface area contributed by atoms with Crippen LogP contribution in [-0.4, -0.2) is 29.9 Å². The molecule has 0 spiro atoms. The van der Waals surface area contributed by atoms with Gasteiger partial charge >= 0.3 is 0 Å². The Balaban J connectivity index is 0.000000117. The third kappa shape index (κ3) is 7.65. The second-order valence-electron chi connectivity index (χ2n) is 12.8. The van der Waals surface area contributed by atoms with Crippen molar-refractivity contribution in [1.82, 2.24) is 29.9 Å². The second kappa shape index (κ2) is 16.1. The number of benzene rings is 5. The molecule has 55 heavy (non-hydrogen) atoms. The van der Waals surface area contributed by atoms with Crippen molar-refractivity contribution in [3.63, 3.8) is 0 Å². The second-order valence-corrected chi connectivity index (χ2v) is 12.8. The van der Waals surface area contributed by atoms with Crippen molar-refractivity contribution in [1.29, 1.82) is 0 Å². The first-order valence-electron chi connectivity index (χ1n) is 17.8. The zero-order chi connectivity index (χ0) is 36.1. The summed E-state index contributed by atoms with van der Waals surface area (Å²) in [6.45, 7) is 0. The molecule has 6 aromatic heterocycles. The summed E-state index contributed by atoms with van der Waals surface area (Å²) in [5.74, 6) is 0. The van der Waals surface area contributed by atoms with E-state index < -0.39 is 0 Å². The van der Waals surface area contributed by atoms with Gasteiger partial charge in [-0.15, -0.1) is 0 Å². The smallest absolute Gasteiger partial charge is 0.0964 e. The van der Waals surface area contributed by atoms with Crippen LogP contribution in [0.4, 0.5) is 0 Å². The van der Waals surface area contributed by atoms with Crippen LogP contribution in [0, 0.1) is 0 Å². The van der Waals surface area contributed by atoms with Gasteiger partial charge in [0.1, 0.15) is 0 Å². The van der Waals surface area contributed by atoms with Gasteiger partial charge < -0.3 is 0 Å². The van der Waals surface area contributed by atoms with Crippen LogP contribution < -0.4 is 0 Å². The predicted octanol–water partition coefficient (Wildman–Crippen LogP) is 11.7. The SMILES string of the molecule is [Ru].c1ccc2nc(-c3ccc4ccccc4n3)ccc2c1.c1ccc2nc(-c3ccc4ccccc4n3)ccc2c1.c1cnc2c(c1)ccc1cccnc12. The van der Waals surface area contributed by atoms with E-state index in [4.69, 9.17) is 0 Å². The Labute approximate surface area is 330 Å². The molecular weight excluding hydrogens is 762 g/mol. The van der Waals surface area contributed by atoms with Crippen LogP contribution in [0.5, 0.6) is 0 Å². The quantitative estimate of drug-likeness (QED) is 0.128. The first-order chi connectivity index (χ1) is 26.7. The fourth-order valence-electron chi connectivity index (χ4n) is 6.51. The van der Waals surface area contributed by atoms with E-state index in [-0.39, 0.29) is 19.5 Å². The summed E-state index contributed by atoms with van der Waals surface area (Å²) < 4.78 is 0. The molecule has 6 heterocycles. The molecule has 6 nitrogen and oxygen atoms in total. The molecule has 0 aliphatic heterocycles. The Morgan fingerprint density at radius 1 is 0.236 bits per heavy atom. The standard InChI is InChI=1S/2C18H12N2.C12H8N2.Ru/c2*1-3-7-15-13(5-1)9-11-17(19-15)18-12-10-14-6-2-4-8-16(14)20-18;1-3-9-5-6-10-4-2-8-14-12(10)11(9)13-7-1;/h2*1-12H;1-8H;. The van der Waals surface area contributed by atoms with Gasteiger partial charge in [-0.25, -0.2) is 19.9 Å². The molecule has 5 aromatic carbocycles. The van der Waals surface area contributed by atoms with Crippen LogP contribution in [0.15, 0.2) is 194 Å². The van der Waals surface area contributed by atoms with E-state index in [1.807, 2.05) is 109 Å². The summed E-state index contributed by atoms with van der Waals surface area (Å²) in [4.78, 5) is 27.5. The maximum atomic E-state index is 4.69. The van der Waals surface area contributed by atoms with Crippen LogP contribution in [0.1, 0.15) is 0 Å². The van der Waals surface area contributed by atoms with E-state index in [1.54, 1.807) is 12.4 Å². The molecule has 0 aliphatic carbocycles. The van der Waals surface area contributed by atoms with Gasteiger partial charge in [0.05, 0.1) is 55.9 Å². The molecule has 7 heteroatoms. The Morgan fingerprint density at radius 2 is 0.491 bits per heavy atom. The molecule has 262 valence electrons. The Kier molecular flexibility index (Phi) is 10.3. The van der Waals surface area contributed by atoms with Crippen molar-refractivity contribution in [3.8, 4) is 22.8 Å². The zero-order valence-electron chi connectivity index (χ0n) is 29.5. The van der Waals surface area contributed by atoms with Crippen molar-refractivity contribution < 1.29 is 19.5 Å². The largest absolute Gasteiger partial charge is 0.254 e. The Bertz CT molecular complexity index is 2730. The van der Waals surface area contributed by atoms with Crippen molar-refractivity contribution in [3.05, 3.63) is 194 Å². The van der Waals surface area contributed by atoms with Gasteiger partial charge in [0, 0.05) is 64.2 Å². The molecule has 0 N–H and O–H groups in total. The monoisotopic (exact) mass is 794 g/mol. The van der Waals surface area contributed by atoms with Crippen LogP contribution >= 0.6 is 0 Å². The summed E-state index contributed by atoms with van der Waals surface area (Å²) in [6.07, 6.45) is 3.60. The summed E-state index contributed by atoms with van der Waals surface area (Å²) in [5.41, 5.74) is 9.60. The number of nitrogens with zero attached hydrogens (tertiary/aromatic N) is 6. The van der Waals surface area contributed by atoms with Crippen molar-refractivity contribution >= 4 is 65.4 Å². The molecule has 0 unspecified atom stereocenters. The van der Waals surface area contributed by atoms with E-state index in [2.05, 4.69) is 103 Å². The number of rotatable bonds is 2. The molecular formula is C48H32N6Ru. The van der Waals surface area contributed by atoms with Gasteiger partial charge in [-0.2, -0.15) is 0 Å². The molecule has 0 atom stereocenters. The molecule has 0 saturated heterocycles. The molecule has 0 saturated carbocycles. The number of aromatic nitrogens is 6. The Hall–Kier alpha value is -6.82. The van der Waals surface area contributed by atoms with E-state index >= 15 is 0 Å². The van der Waals surface area contributed by atoms with Gasteiger partial charge in [0.25, 0.3) is 0 Å². The molecule has 0 aliphatic rings. The third-order valence-corrected chi connectivity index (χ3v) is 9.26. The third-order valence-electron chi connectivity index (χ3n) is 9.26. The summed E-state index contributed by atoms with van der Waals surface area (Å²) in [7, 11) is 0. The maximum absolute atomic E-state index is 4.69. The van der Waals surface area contributed by atoms with E-state index in [0.29, 0.717) is 0 Å². The first-order valence-corrected chi connectivity index (χ1v) is 17.8. The van der Waals surface area contributed by atoms with E-state index in [0.717, 1.165) is 88.2 Å². The topological polar surface area (TPSA) is 77.3 Å². The predicted molar refractivity (Wildman–Crippen MR) is 222 cm³/mol. The number of fused-ring (bicyclic) bond motifs is 7. The van der Waals surface area contributed by atoms with Crippen molar-refractivity contribution in [2.75, 3.05) is 0 Å². The molecule has 0 amide bonds. The fraction of sp³-hybridized carbons (Fsp3) is 0. The van der Waals surface area contributed by atoms with Gasteiger partial charge in [-0.3, -0.25) is 9.97 Å². The molecule has 0 radical (unpaired) electrons. The summed E-state index contributed by atoms with van der Waals surface area (Å²) >= 11 is 0. The van der Waals surface area contributed by atoms with Gasteiger partial charge in [-0.05, 0) is 60.7 Å². The number of para-hydroxylation sites is 4.